The number of hydrogen-bond acceptors (Lipinski definition) is 13. The van der Waals surface area contributed by atoms with Crippen molar-refractivity contribution >= 4 is 29.4 Å². The summed E-state index contributed by atoms with van der Waals surface area (Å²) in [5.41, 5.74) is 1.60. The number of nitrogens with zero attached hydrogens (tertiary/aromatic N) is 3. The molecular formula is C21H32N3O15P3. The molecule has 2 fully saturated rings. The average molecular weight is 659 g/mol. The van der Waals surface area contributed by atoms with Crippen LogP contribution in [0, 0.1) is 0 Å². The van der Waals surface area contributed by atoms with Crippen molar-refractivity contribution in [1.29, 1.82) is 0 Å². The van der Waals surface area contributed by atoms with Gasteiger partial charge in [0.15, 0.2) is 6.23 Å². The molecule has 18 nitrogen and oxygen atoms in total. The first-order valence-electron chi connectivity index (χ1n) is 12.7. The zero-order valence-corrected chi connectivity index (χ0v) is 24.6. The highest BCUT2D eigenvalue weighted by molar-refractivity contribution is 7.66. The van der Waals surface area contributed by atoms with Crippen LogP contribution >= 0.6 is 23.5 Å². The number of pyridine rings is 1. The summed E-state index contributed by atoms with van der Waals surface area (Å²) in [6.07, 6.45) is 1.10. The molecule has 0 aromatic carbocycles. The Bertz CT molecular complexity index is 1300. The van der Waals surface area contributed by atoms with Gasteiger partial charge in [0.25, 0.3) is 5.91 Å². The highest BCUT2D eigenvalue weighted by Gasteiger charge is 2.49. The van der Waals surface area contributed by atoms with Crippen LogP contribution in [0.5, 0.6) is 0 Å². The van der Waals surface area contributed by atoms with Gasteiger partial charge in [0.05, 0.1) is 18.8 Å². The number of carbonyl (C=O) groups is 1. The third-order valence-electron chi connectivity index (χ3n) is 6.92. The maximum atomic E-state index is 12.7. The van der Waals surface area contributed by atoms with Crippen molar-refractivity contribution in [2.75, 3.05) is 6.61 Å². The Morgan fingerprint density at radius 2 is 1.67 bits per heavy atom. The molecule has 7 atom stereocenters. The fraction of sp³-hybridized carbons (Fsp3) is 0.619. The zero-order valence-electron chi connectivity index (χ0n) is 21.9. The average Bonchev–Trinajstić information content (AvgIpc) is 3.17. The Morgan fingerprint density at radius 3 is 2.33 bits per heavy atom. The SMILES string of the molecule is O=C1C=CN([C@@H]2O[C@H](COP(=O)(O)OP(=O)(O)OP(=O)(O)O)C(O)C2O)C(O)N1Cc1cc(C2CCCCC2)ccn1. The molecule has 2 aliphatic heterocycles. The summed E-state index contributed by atoms with van der Waals surface area (Å²) < 4.78 is 51.5. The first-order chi connectivity index (χ1) is 19.6. The van der Waals surface area contributed by atoms with Gasteiger partial charge in [0.1, 0.15) is 18.3 Å². The predicted octanol–water partition coefficient (Wildman–Crippen LogP) is 0.353. The summed E-state index contributed by atoms with van der Waals surface area (Å²) in [4.78, 5) is 55.2. The van der Waals surface area contributed by atoms with E-state index in [0.717, 1.165) is 53.3 Å². The number of hydrogen-bond donors (Lipinski definition) is 7. The smallest absolute Gasteiger partial charge is 0.387 e. The molecule has 1 saturated heterocycles. The fourth-order valence-electron chi connectivity index (χ4n) is 5.00. The molecule has 1 amide bonds. The van der Waals surface area contributed by atoms with E-state index in [0.29, 0.717) is 11.6 Å². The van der Waals surface area contributed by atoms with Crippen LogP contribution in [0.1, 0.15) is 49.3 Å². The van der Waals surface area contributed by atoms with E-state index in [2.05, 4.69) is 18.1 Å². The van der Waals surface area contributed by atoms with Gasteiger partial charge in [-0.2, -0.15) is 8.62 Å². The van der Waals surface area contributed by atoms with Gasteiger partial charge in [0, 0.05) is 18.5 Å². The molecule has 0 spiro atoms. The lowest BCUT2D eigenvalue weighted by Gasteiger charge is -2.41. The Labute approximate surface area is 239 Å². The van der Waals surface area contributed by atoms with E-state index in [1.165, 1.54) is 6.42 Å². The van der Waals surface area contributed by atoms with E-state index < -0.39 is 66.9 Å². The molecule has 0 radical (unpaired) electrons. The van der Waals surface area contributed by atoms with Crippen molar-refractivity contribution < 1.29 is 71.3 Å². The fourth-order valence-corrected chi connectivity index (χ4v) is 8.03. The summed E-state index contributed by atoms with van der Waals surface area (Å²) in [7, 11) is -16.9. The second kappa shape index (κ2) is 13.2. The number of phosphoric acid groups is 3. The summed E-state index contributed by atoms with van der Waals surface area (Å²) in [5.74, 6) is -0.190. The van der Waals surface area contributed by atoms with Gasteiger partial charge in [-0.3, -0.25) is 19.2 Å². The molecule has 3 aliphatic rings. The monoisotopic (exact) mass is 659 g/mol. The number of ether oxygens (including phenoxy) is 1. The number of amides is 1. The third kappa shape index (κ3) is 8.52. The molecule has 1 aromatic rings. The third-order valence-corrected chi connectivity index (χ3v) is 10.7. The van der Waals surface area contributed by atoms with Crippen LogP contribution in [-0.4, -0.2) is 93.1 Å². The van der Waals surface area contributed by atoms with E-state index in [1.807, 2.05) is 12.1 Å². The topological polar surface area (TPSA) is 266 Å². The zero-order chi connectivity index (χ0) is 30.9. The highest BCUT2D eigenvalue weighted by Crippen LogP contribution is 2.66. The van der Waals surface area contributed by atoms with Gasteiger partial charge < -0.3 is 44.5 Å². The molecule has 1 aliphatic carbocycles. The number of aliphatic hydroxyl groups excluding tert-OH is 3. The molecule has 4 rings (SSSR count). The quantitative estimate of drug-likeness (QED) is 0.158. The van der Waals surface area contributed by atoms with Crippen molar-refractivity contribution in [1.82, 2.24) is 14.8 Å². The lowest BCUT2D eigenvalue weighted by molar-refractivity contribution is -0.192. The van der Waals surface area contributed by atoms with Crippen LogP contribution in [0.15, 0.2) is 30.6 Å². The molecule has 21 heteroatoms. The van der Waals surface area contributed by atoms with Crippen molar-refractivity contribution in [2.45, 2.75) is 75.5 Å². The van der Waals surface area contributed by atoms with Gasteiger partial charge in [-0.1, -0.05) is 19.3 Å². The molecule has 236 valence electrons. The second-order valence-electron chi connectivity index (χ2n) is 9.92. The summed E-state index contributed by atoms with van der Waals surface area (Å²) in [6.45, 7) is -1.13. The maximum Gasteiger partial charge on any atom is 0.490 e. The van der Waals surface area contributed by atoms with E-state index in [1.54, 1.807) is 6.20 Å². The van der Waals surface area contributed by atoms with Gasteiger partial charge >= 0.3 is 23.5 Å². The maximum absolute atomic E-state index is 12.7. The molecule has 42 heavy (non-hydrogen) atoms. The van der Waals surface area contributed by atoms with Crippen molar-refractivity contribution in [3.63, 3.8) is 0 Å². The van der Waals surface area contributed by atoms with Crippen molar-refractivity contribution in [3.05, 3.63) is 41.9 Å². The number of rotatable bonds is 11. The van der Waals surface area contributed by atoms with Gasteiger partial charge in [-0.05, 0) is 36.5 Å². The summed E-state index contributed by atoms with van der Waals surface area (Å²) >= 11 is 0. The normalized spacial score (nSPS) is 30.4. The van der Waals surface area contributed by atoms with Crippen molar-refractivity contribution in [3.8, 4) is 0 Å². The van der Waals surface area contributed by atoms with Crippen LogP contribution in [0.4, 0.5) is 0 Å². The van der Waals surface area contributed by atoms with Crippen LogP contribution < -0.4 is 0 Å². The molecule has 1 aromatic heterocycles. The Balaban J connectivity index is 1.40. The first-order valence-corrected chi connectivity index (χ1v) is 17.3. The highest BCUT2D eigenvalue weighted by atomic mass is 31.3. The molecule has 3 heterocycles. The molecule has 1 saturated carbocycles. The number of aliphatic hydroxyl groups is 3. The van der Waals surface area contributed by atoms with Gasteiger partial charge in [-0.15, -0.1) is 0 Å². The molecule has 0 bridgehead atoms. The molecule has 5 unspecified atom stereocenters. The summed E-state index contributed by atoms with van der Waals surface area (Å²) in [5, 5.41) is 32.0. The van der Waals surface area contributed by atoms with Gasteiger partial charge in [0.2, 0.25) is 6.35 Å². The largest absolute Gasteiger partial charge is 0.490 e. The molecular weight excluding hydrogens is 627 g/mol. The number of phosphoric ester groups is 1. The minimum absolute atomic E-state index is 0.0950. The Morgan fingerprint density at radius 1 is 0.976 bits per heavy atom. The first kappa shape index (κ1) is 33.3. The predicted molar refractivity (Wildman–Crippen MR) is 138 cm³/mol. The molecule has 7 N–H and O–H groups in total. The van der Waals surface area contributed by atoms with Crippen LogP contribution in [-0.2, 0) is 42.9 Å². The number of aromatic nitrogens is 1. The van der Waals surface area contributed by atoms with E-state index in [4.69, 9.17) is 14.5 Å². The van der Waals surface area contributed by atoms with E-state index in [9.17, 15) is 43.6 Å². The van der Waals surface area contributed by atoms with E-state index in [-0.39, 0.29) is 6.54 Å². The van der Waals surface area contributed by atoms with Crippen LogP contribution in [0.2, 0.25) is 0 Å². The second-order valence-corrected chi connectivity index (χ2v) is 14.3. The van der Waals surface area contributed by atoms with Crippen LogP contribution in [0.25, 0.3) is 0 Å². The van der Waals surface area contributed by atoms with Crippen molar-refractivity contribution in [2.24, 2.45) is 0 Å². The van der Waals surface area contributed by atoms with Crippen LogP contribution in [0.3, 0.4) is 0 Å². The minimum Gasteiger partial charge on any atom is -0.387 e. The summed E-state index contributed by atoms with van der Waals surface area (Å²) in [6, 6.07) is 3.80. The van der Waals surface area contributed by atoms with E-state index >= 15 is 0 Å². The standard InChI is InChI=1S/C21H32N3O15P3/c25-17-7-9-23(21(28)24(17)11-15-10-14(6-8-22-15)13-4-2-1-3-5-13)20-19(27)18(26)16(37-20)12-36-41(32,33)39-42(34,35)38-40(29,30)31/h6-10,13,16,18-21,26-28H,1-5,11-12H2,(H,32,33)(H,34,35)(H2,29,30,31)/t16-,18?,19?,20-,21?/m1/s1. The lowest BCUT2D eigenvalue weighted by Crippen LogP contribution is -2.57. The van der Waals surface area contributed by atoms with Gasteiger partial charge in [-0.25, -0.2) is 13.7 Å². The number of carbonyl (C=O) groups excluding carboxylic acids is 1. The Kier molecular flexibility index (Phi) is 10.5. The minimum atomic E-state index is -5.77. The lowest BCUT2D eigenvalue weighted by atomic mass is 9.84. The Hall–Kier alpha value is -1.59.